The Bertz CT molecular complexity index is 329. The van der Waals surface area contributed by atoms with Gasteiger partial charge in [0.25, 0.3) is 0 Å². The van der Waals surface area contributed by atoms with E-state index in [0.717, 1.165) is 12.8 Å². The highest BCUT2D eigenvalue weighted by Crippen LogP contribution is 2.08. The average Bonchev–Trinajstić information content (AvgIpc) is 2.52. The molecule has 0 aromatic carbocycles. The lowest BCUT2D eigenvalue weighted by Crippen LogP contribution is -2.09. The summed E-state index contributed by atoms with van der Waals surface area (Å²) >= 11 is 1.43. The third-order valence-corrected chi connectivity index (χ3v) is 3.94. The Balaban J connectivity index is 2.53. The summed E-state index contributed by atoms with van der Waals surface area (Å²) < 4.78 is 22.8. The van der Waals surface area contributed by atoms with Gasteiger partial charge in [-0.1, -0.05) is 13.3 Å². The summed E-state index contributed by atoms with van der Waals surface area (Å²) in [6.07, 6.45) is 1.66. The van der Waals surface area contributed by atoms with Gasteiger partial charge >= 0.3 is 0 Å². The number of unbranched alkanes of at least 4 members (excludes halogenated alkanes) is 1. The number of rotatable bonds is 5. The van der Waals surface area contributed by atoms with E-state index in [1.54, 1.807) is 10.9 Å². The van der Waals surface area contributed by atoms with E-state index >= 15 is 0 Å². The molecule has 0 saturated carbocycles. The summed E-state index contributed by atoms with van der Waals surface area (Å²) in [4.78, 5) is 3.95. The second-order valence-corrected chi connectivity index (χ2v) is 5.83. The summed E-state index contributed by atoms with van der Waals surface area (Å²) in [6.45, 7) is 1.98. The summed E-state index contributed by atoms with van der Waals surface area (Å²) in [7, 11) is -2.92. The van der Waals surface area contributed by atoms with Crippen LogP contribution in [0.2, 0.25) is 0 Å². The molecule has 0 radical (unpaired) electrons. The molecular formula is C8H13NO2S2. The third-order valence-electron chi connectivity index (χ3n) is 1.66. The summed E-state index contributed by atoms with van der Waals surface area (Å²) in [5.74, 6) is 0.373. The second-order valence-electron chi connectivity index (χ2n) is 2.93. The zero-order valence-electron chi connectivity index (χ0n) is 7.56. The first-order valence-electron chi connectivity index (χ1n) is 4.21. The fourth-order valence-electron chi connectivity index (χ4n) is 0.971. The van der Waals surface area contributed by atoms with Crippen molar-refractivity contribution in [1.29, 1.82) is 0 Å². The van der Waals surface area contributed by atoms with Crippen molar-refractivity contribution in [2.75, 3.05) is 5.75 Å². The van der Waals surface area contributed by atoms with Gasteiger partial charge in [0, 0.05) is 5.38 Å². The van der Waals surface area contributed by atoms with Crippen molar-refractivity contribution in [3.8, 4) is 0 Å². The van der Waals surface area contributed by atoms with E-state index in [9.17, 15) is 8.42 Å². The van der Waals surface area contributed by atoms with Crippen LogP contribution in [0.3, 0.4) is 0 Å². The first kappa shape index (κ1) is 10.7. The molecule has 0 bridgehead atoms. The van der Waals surface area contributed by atoms with E-state index < -0.39 is 9.84 Å². The molecule has 3 nitrogen and oxygen atoms in total. The van der Waals surface area contributed by atoms with Crippen LogP contribution in [-0.2, 0) is 15.6 Å². The molecule has 0 unspecified atom stereocenters. The van der Waals surface area contributed by atoms with E-state index in [2.05, 4.69) is 4.98 Å². The monoisotopic (exact) mass is 219 g/mol. The molecule has 0 N–H and O–H groups in total. The predicted octanol–water partition coefficient (Wildman–Crippen LogP) is 1.86. The van der Waals surface area contributed by atoms with Crippen molar-refractivity contribution in [3.05, 3.63) is 16.6 Å². The lowest BCUT2D eigenvalue weighted by atomic mass is 10.4. The Hall–Kier alpha value is -0.420. The molecule has 5 heteroatoms. The number of sulfone groups is 1. The predicted molar refractivity (Wildman–Crippen MR) is 54.5 cm³/mol. The molecule has 74 valence electrons. The van der Waals surface area contributed by atoms with Crippen molar-refractivity contribution in [1.82, 2.24) is 4.98 Å². The Kier molecular flexibility index (Phi) is 3.87. The van der Waals surface area contributed by atoms with Crippen LogP contribution in [0.5, 0.6) is 0 Å². The molecule has 0 amide bonds. The van der Waals surface area contributed by atoms with Crippen molar-refractivity contribution in [2.45, 2.75) is 25.5 Å². The van der Waals surface area contributed by atoms with Gasteiger partial charge in [0.2, 0.25) is 0 Å². The zero-order chi connectivity index (χ0) is 9.73. The Labute approximate surface area is 82.7 Å². The van der Waals surface area contributed by atoms with E-state index in [-0.39, 0.29) is 11.5 Å². The number of aromatic nitrogens is 1. The van der Waals surface area contributed by atoms with E-state index in [1.165, 1.54) is 11.3 Å². The molecule has 1 aromatic heterocycles. The van der Waals surface area contributed by atoms with Crippen LogP contribution >= 0.6 is 11.3 Å². The first-order valence-corrected chi connectivity index (χ1v) is 6.98. The molecule has 0 saturated heterocycles. The summed E-state index contributed by atoms with van der Waals surface area (Å²) in [5, 5.41) is 1.78. The quantitative estimate of drug-likeness (QED) is 0.759. The third kappa shape index (κ3) is 3.87. The molecular weight excluding hydrogens is 206 g/mol. The maximum Gasteiger partial charge on any atom is 0.156 e. The minimum atomic E-state index is -2.92. The van der Waals surface area contributed by atoms with Gasteiger partial charge < -0.3 is 0 Å². The smallest absolute Gasteiger partial charge is 0.156 e. The van der Waals surface area contributed by atoms with Gasteiger partial charge in [0.05, 0.1) is 22.7 Å². The Morgan fingerprint density at radius 3 is 2.85 bits per heavy atom. The molecule has 0 spiro atoms. The first-order chi connectivity index (χ1) is 6.14. The largest absolute Gasteiger partial charge is 0.249 e. The van der Waals surface area contributed by atoms with E-state index in [1.807, 2.05) is 6.92 Å². The maximum absolute atomic E-state index is 11.4. The fraction of sp³-hybridized carbons (Fsp3) is 0.625. The molecule has 0 aliphatic carbocycles. The zero-order valence-corrected chi connectivity index (χ0v) is 9.20. The van der Waals surface area contributed by atoms with Gasteiger partial charge in [-0.2, -0.15) is 0 Å². The highest BCUT2D eigenvalue weighted by Gasteiger charge is 2.11. The summed E-state index contributed by atoms with van der Waals surface area (Å²) in [6, 6.07) is 0. The van der Waals surface area contributed by atoms with Crippen molar-refractivity contribution < 1.29 is 8.42 Å². The van der Waals surface area contributed by atoms with Gasteiger partial charge in [-0.25, -0.2) is 13.4 Å². The van der Waals surface area contributed by atoms with Gasteiger partial charge in [-0.3, -0.25) is 0 Å². The second kappa shape index (κ2) is 4.72. The molecule has 0 aliphatic rings. The Morgan fingerprint density at radius 1 is 1.54 bits per heavy atom. The molecule has 1 rings (SSSR count). The van der Waals surface area contributed by atoms with E-state index in [0.29, 0.717) is 5.69 Å². The highest BCUT2D eigenvalue weighted by atomic mass is 32.2. The lowest BCUT2D eigenvalue weighted by Gasteiger charge is -1.99. The molecule has 0 atom stereocenters. The van der Waals surface area contributed by atoms with Crippen LogP contribution in [0, 0.1) is 0 Å². The number of hydrogen-bond donors (Lipinski definition) is 0. The highest BCUT2D eigenvalue weighted by molar-refractivity contribution is 7.90. The van der Waals surface area contributed by atoms with Crippen molar-refractivity contribution >= 4 is 21.2 Å². The molecule has 0 fully saturated rings. The lowest BCUT2D eigenvalue weighted by molar-refractivity contribution is 0.591. The van der Waals surface area contributed by atoms with Crippen LogP contribution in [0.1, 0.15) is 25.5 Å². The Morgan fingerprint density at radius 2 is 2.31 bits per heavy atom. The van der Waals surface area contributed by atoms with Crippen LogP contribution in [0.4, 0.5) is 0 Å². The number of nitrogens with zero attached hydrogens (tertiary/aromatic N) is 1. The molecule has 0 aliphatic heterocycles. The van der Waals surface area contributed by atoms with Crippen LogP contribution in [-0.4, -0.2) is 19.2 Å². The molecule has 1 aromatic rings. The van der Waals surface area contributed by atoms with E-state index in [4.69, 9.17) is 0 Å². The summed E-state index contributed by atoms with van der Waals surface area (Å²) in [5.41, 5.74) is 2.33. The van der Waals surface area contributed by atoms with Crippen LogP contribution in [0.25, 0.3) is 0 Å². The topological polar surface area (TPSA) is 47.0 Å². The van der Waals surface area contributed by atoms with Gasteiger partial charge in [-0.05, 0) is 6.42 Å². The van der Waals surface area contributed by atoms with Gasteiger partial charge in [0.15, 0.2) is 9.84 Å². The average molecular weight is 219 g/mol. The standard InChI is InChI=1S/C8H13NO2S2/c1-2-3-4-13(10,11)6-8-5-12-7-9-8/h5,7H,2-4,6H2,1H3. The molecule has 13 heavy (non-hydrogen) atoms. The fourth-order valence-corrected chi connectivity index (χ4v) is 3.12. The van der Waals surface area contributed by atoms with Crippen molar-refractivity contribution in [2.24, 2.45) is 0 Å². The number of hydrogen-bond acceptors (Lipinski definition) is 4. The normalized spacial score (nSPS) is 11.8. The van der Waals surface area contributed by atoms with Crippen LogP contribution < -0.4 is 0 Å². The van der Waals surface area contributed by atoms with Crippen LogP contribution in [0.15, 0.2) is 10.9 Å². The van der Waals surface area contributed by atoms with Gasteiger partial charge in [-0.15, -0.1) is 11.3 Å². The minimum Gasteiger partial charge on any atom is -0.249 e. The number of thiazole rings is 1. The SMILES string of the molecule is CCCCS(=O)(=O)Cc1cscn1. The maximum atomic E-state index is 11.4. The van der Waals surface area contributed by atoms with Gasteiger partial charge in [0.1, 0.15) is 0 Å². The molecule has 1 heterocycles. The minimum absolute atomic E-state index is 0.0937. The van der Waals surface area contributed by atoms with Crippen molar-refractivity contribution in [3.63, 3.8) is 0 Å².